The first-order chi connectivity index (χ1) is 7.25. The number of hydrogen-bond donors (Lipinski definition) is 1. The Kier molecular flexibility index (Phi) is 3.65. The third-order valence-corrected chi connectivity index (χ3v) is 3.98. The number of carbonyl (C=O) groups excluding carboxylic acids is 1. The maximum atomic E-state index is 11.7. The molecule has 1 saturated heterocycles. The predicted octanol–water partition coefficient (Wildman–Crippen LogP) is 2.86. The topological polar surface area (TPSA) is 29.1 Å². The Balaban J connectivity index is 2.00. The average molecular weight is 244 g/mol. The molecule has 2 heterocycles. The van der Waals surface area contributed by atoms with Crippen LogP contribution in [0.1, 0.15) is 24.1 Å². The molecule has 15 heavy (non-hydrogen) atoms. The normalized spacial score (nSPS) is 22.2. The zero-order valence-corrected chi connectivity index (χ0v) is 10.0. The van der Waals surface area contributed by atoms with Crippen LogP contribution in [0.3, 0.4) is 0 Å². The molecule has 0 aromatic carbocycles. The van der Waals surface area contributed by atoms with E-state index in [1.54, 1.807) is 11.3 Å². The Morgan fingerprint density at radius 2 is 2.33 bits per heavy atom. The fraction of sp³-hybridized carbons (Fsp3) is 0.545. The lowest BCUT2D eigenvalue weighted by atomic mass is 9.98. The number of hydrogen-bond acceptors (Lipinski definition) is 2. The van der Waals surface area contributed by atoms with E-state index >= 15 is 0 Å². The Labute approximate surface area is 98.6 Å². The second-order valence-corrected chi connectivity index (χ2v) is 5.69. The average Bonchev–Trinajstić information content (AvgIpc) is 2.50. The van der Waals surface area contributed by atoms with Crippen molar-refractivity contribution in [2.24, 2.45) is 5.92 Å². The molecule has 1 aliphatic heterocycles. The van der Waals surface area contributed by atoms with Crippen LogP contribution < -0.4 is 5.32 Å². The second kappa shape index (κ2) is 4.99. The summed E-state index contributed by atoms with van der Waals surface area (Å²) in [5, 5.41) is 2.95. The molecule has 2 rings (SSSR count). The largest absolute Gasteiger partial charge is 0.356 e. The fourth-order valence-electron chi connectivity index (χ4n) is 1.90. The minimum Gasteiger partial charge on any atom is -0.356 e. The molecule has 1 aliphatic rings. The van der Waals surface area contributed by atoms with Gasteiger partial charge in [-0.25, -0.2) is 0 Å². The van der Waals surface area contributed by atoms with Crippen molar-refractivity contribution >= 4 is 28.8 Å². The molecule has 2 nitrogen and oxygen atoms in total. The Bertz CT molecular complexity index is 350. The summed E-state index contributed by atoms with van der Waals surface area (Å²) in [6.07, 6.45) is 4.08. The molecule has 0 saturated carbocycles. The lowest BCUT2D eigenvalue weighted by Gasteiger charge is -2.11. The van der Waals surface area contributed by atoms with Crippen LogP contribution >= 0.6 is 22.9 Å². The lowest BCUT2D eigenvalue weighted by Crippen LogP contribution is -2.29. The van der Waals surface area contributed by atoms with Crippen molar-refractivity contribution in [3.63, 3.8) is 0 Å². The van der Waals surface area contributed by atoms with Crippen molar-refractivity contribution in [3.05, 3.63) is 21.3 Å². The number of thiophene rings is 1. The molecule has 1 amide bonds. The van der Waals surface area contributed by atoms with Gasteiger partial charge in [-0.2, -0.15) is 0 Å². The Hall–Kier alpha value is -0.540. The van der Waals surface area contributed by atoms with Crippen LogP contribution in [0.5, 0.6) is 0 Å². The van der Waals surface area contributed by atoms with Crippen LogP contribution in [0.15, 0.2) is 12.1 Å². The van der Waals surface area contributed by atoms with Crippen molar-refractivity contribution in [2.75, 3.05) is 6.54 Å². The molecular weight excluding hydrogens is 230 g/mol. The van der Waals surface area contributed by atoms with E-state index in [0.29, 0.717) is 0 Å². The first-order valence-electron chi connectivity index (χ1n) is 5.27. The van der Waals surface area contributed by atoms with Gasteiger partial charge in [-0.1, -0.05) is 18.0 Å². The molecule has 1 fully saturated rings. The van der Waals surface area contributed by atoms with Gasteiger partial charge in [-0.05, 0) is 31.4 Å². The maximum Gasteiger partial charge on any atom is 0.223 e. The standard InChI is InChI=1S/C11H14ClNOS/c12-10-5-4-9(15-10)7-8-3-1-2-6-13-11(8)14/h4-5,8H,1-3,6-7H2,(H,13,14). The zero-order chi connectivity index (χ0) is 10.7. The molecule has 82 valence electrons. The molecule has 1 N–H and O–H groups in total. The van der Waals surface area contributed by atoms with Gasteiger partial charge in [0.1, 0.15) is 0 Å². The first-order valence-corrected chi connectivity index (χ1v) is 6.47. The molecule has 0 aliphatic carbocycles. The monoisotopic (exact) mass is 243 g/mol. The molecule has 1 aromatic rings. The van der Waals surface area contributed by atoms with Crippen molar-refractivity contribution in [3.8, 4) is 0 Å². The highest BCUT2D eigenvalue weighted by atomic mass is 35.5. The molecule has 1 atom stereocenters. The zero-order valence-electron chi connectivity index (χ0n) is 8.46. The van der Waals surface area contributed by atoms with Crippen molar-refractivity contribution < 1.29 is 4.79 Å². The Morgan fingerprint density at radius 1 is 1.47 bits per heavy atom. The smallest absolute Gasteiger partial charge is 0.223 e. The number of nitrogens with one attached hydrogen (secondary N) is 1. The minimum atomic E-state index is 0.141. The molecule has 4 heteroatoms. The number of halogens is 1. The second-order valence-electron chi connectivity index (χ2n) is 3.89. The summed E-state index contributed by atoms with van der Waals surface area (Å²) in [6.45, 7) is 0.834. The Morgan fingerprint density at radius 3 is 3.07 bits per heavy atom. The summed E-state index contributed by atoms with van der Waals surface area (Å²) in [4.78, 5) is 12.9. The van der Waals surface area contributed by atoms with E-state index in [0.717, 1.165) is 36.6 Å². The number of amides is 1. The number of rotatable bonds is 2. The third kappa shape index (κ3) is 2.95. The first kappa shape index (κ1) is 11.0. The van der Waals surface area contributed by atoms with Crippen LogP contribution in [0, 0.1) is 5.92 Å². The third-order valence-electron chi connectivity index (χ3n) is 2.73. The predicted molar refractivity (Wildman–Crippen MR) is 63.4 cm³/mol. The van der Waals surface area contributed by atoms with Gasteiger partial charge in [0, 0.05) is 17.3 Å². The highest BCUT2D eigenvalue weighted by Gasteiger charge is 2.21. The summed E-state index contributed by atoms with van der Waals surface area (Å²) in [5.74, 6) is 0.347. The minimum absolute atomic E-state index is 0.141. The van der Waals surface area contributed by atoms with Gasteiger partial charge in [0.05, 0.1) is 4.34 Å². The van der Waals surface area contributed by atoms with Gasteiger partial charge in [-0.3, -0.25) is 4.79 Å². The molecular formula is C11H14ClNOS. The summed E-state index contributed by atoms with van der Waals surface area (Å²) >= 11 is 7.44. The van der Waals surface area contributed by atoms with E-state index in [4.69, 9.17) is 11.6 Å². The van der Waals surface area contributed by atoms with Crippen LogP contribution in [-0.4, -0.2) is 12.5 Å². The molecule has 1 unspecified atom stereocenters. The summed E-state index contributed by atoms with van der Waals surface area (Å²) < 4.78 is 0.805. The molecule has 0 bridgehead atoms. The van der Waals surface area contributed by atoms with Crippen LogP contribution in [-0.2, 0) is 11.2 Å². The highest BCUT2D eigenvalue weighted by molar-refractivity contribution is 7.16. The van der Waals surface area contributed by atoms with Crippen LogP contribution in [0.2, 0.25) is 4.34 Å². The SMILES string of the molecule is O=C1NCCCCC1Cc1ccc(Cl)s1. The quantitative estimate of drug-likeness (QED) is 0.850. The van der Waals surface area contributed by atoms with E-state index in [1.165, 1.54) is 4.88 Å². The van der Waals surface area contributed by atoms with Gasteiger partial charge in [0.2, 0.25) is 5.91 Å². The van der Waals surface area contributed by atoms with E-state index in [1.807, 2.05) is 12.1 Å². The van der Waals surface area contributed by atoms with E-state index < -0.39 is 0 Å². The van der Waals surface area contributed by atoms with Gasteiger partial charge in [-0.15, -0.1) is 11.3 Å². The molecule has 1 aromatic heterocycles. The summed E-state index contributed by atoms with van der Waals surface area (Å²) in [6, 6.07) is 3.92. The van der Waals surface area contributed by atoms with E-state index in [-0.39, 0.29) is 11.8 Å². The summed E-state index contributed by atoms with van der Waals surface area (Å²) in [5.41, 5.74) is 0. The number of carbonyl (C=O) groups is 1. The van der Waals surface area contributed by atoms with Gasteiger partial charge in [0.25, 0.3) is 0 Å². The van der Waals surface area contributed by atoms with Gasteiger partial charge in [0.15, 0.2) is 0 Å². The van der Waals surface area contributed by atoms with Crippen molar-refractivity contribution in [2.45, 2.75) is 25.7 Å². The highest BCUT2D eigenvalue weighted by Crippen LogP contribution is 2.26. The van der Waals surface area contributed by atoms with Crippen LogP contribution in [0.25, 0.3) is 0 Å². The lowest BCUT2D eigenvalue weighted by molar-refractivity contribution is -0.124. The molecule has 0 spiro atoms. The maximum absolute atomic E-state index is 11.7. The van der Waals surface area contributed by atoms with Crippen LogP contribution in [0.4, 0.5) is 0 Å². The van der Waals surface area contributed by atoms with Crippen molar-refractivity contribution in [1.29, 1.82) is 0 Å². The van der Waals surface area contributed by atoms with Crippen molar-refractivity contribution in [1.82, 2.24) is 5.32 Å². The summed E-state index contributed by atoms with van der Waals surface area (Å²) in [7, 11) is 0. The van der Waals surface area contributed by atoms with E-state index in [2.05, 4.69) is 5.32 Å². The van der Waals surface area contributed by atoms with Gasteiger partial charge < -0.3 is 5.32 Å². The van der Waals surface area contributed by atoms with E-state index in [9.17, 15) is 4.79 Å². The molecule has 0 radical (unpaired) electrons. The van der Waals surface area contributed by atoms with Gasteiger partial charge >= 0.3 is 0 Å². The fourth-order valence-corrected chi connectivity index (χ4v) is 3.07.